The van der Waals surface area contributed by atoms with Crippen molar-refractivity contribution in [2.75, 3.05) is 19.5 Å². The molecule has 172 valence electrons. The SMILES string of the molecule is COc1ccc(NC(=O)Cn2nc3c4scc(-c5ccc(C)cc5)c4ncn3c2=O)cc1OC. The zero-order valence-corrected chi connectivity index (χ0v) is 19.5. The van der Waals surface area contributed by atoms with Gasteiger partial charge < -0.3 is 14.8 Å². The van der Waals surface area contributed by atoms with E-state index < -0.39 is 11.6 Å². The number of benzene rings is 2. The molecule has 3 heterocycles. The Balaban J connectivity index is 1.45. The van der Waals surface area contributed by atoms with E-state index in [1.807, 2.05) is 36.6 Å². The van der Waals surface area contributed by atoms with Crippen LogP contribution in [-0.2, 0) is 11.3 Å². The highest BCUT2D eigenvalue weighted by Crippen LogP contribution is 2.34. The summed E-state index contributed by atoms with van der Waals surface area (Å²) in [7, 11) is 3.05. The van der Waals surface area contributed by atoms with Crippen LogP contribution in [0.5, 0.6) is 11.5 Å². The van der Waals surface area contributed by atoms with Crippen molar-refractivity contribution in [2.24, 2.45) is 0 Å². The van der Waals surface area contributed by atoms with Crippen LogP contribution in [-0.4, -0.2) is 39.3 Å². The zero-order valence-electron chi connectivity index (χ0n) is 18.7. The number of ether oxygens (including phenoxy) is 2. The van der Waals surface area contributed by atoms with Crippen LogP contribution in [0.2, 0.25) is 0 Å². The Hall–Kier alpha value is -4.18. The summed E-state index contributed by atoms with van der Waals surface area (Å²) in [5.74, 6) is 0.642. The fraction of sp³-hybridized carbons (Fsp3) is 0.167. The lowest BCUT2D eigenvalue weighted by Gasteiger charge is -2.10. The van der Waals surface area contributed by atoms with Crippen molar-refractivity contribution in [1.82, 2.24) is 19.2 Å². The molecule has 34 heavy (non-hydrogen) atoms. The van der Waals surface area contributed by atoms with Gasteiger partial charge in [-0.3, -0.25) is 4.79 Å². The van der Waals surface area contributed by atoms with Crippen molar-refractivity contribution in [3.63, 3.8) is 0 Å². The molecule has 0 saturated carbocycles. The summed E-state index contributed by atoms with van der Waals surface area (Å²) in [6, 6.07) is 13.2. The van der Waals surface area contributed by atoms with Gasteiger partial charge in [-0.1, -0.05) is 29.8 Å². The molecule has 9 nitrogen and oxygen atoms in total. The summed E-state index contributed by atoms with van der Waals surface area (Å²) in [5, 5.41) is 9.20. The Morgan fingerprint density at radius 1 is 1.09 bits per heavy atom. The summed E-state index contributed by atoms with van der Waals surface area (Å²) < 4.78 is 13.8. The molecule has 10 heteroatoms. The van der Waals surface area contributed by atoms with Crippen molar-refractivity contribution in [3.05, 3.63) is 70.2 Å². The van der Waals surface area contributed by atoms with Gasteiger partial charge in [0.25, 0.3) is 0 Å². The van der Waals surface area contributed by atoms with Gasteiger partial charge in [0.15, 0.2) is 17.1 Å². The van der Waals surface area contributed by atoms with E-state index in [0.717, 1.165) is 26.0 Å². The van der Waals surface area contributed by atoms with Crippen molar-refractivity contribution in [2.45, 2.75) is 13.5 Å². The number of carbonyl (C=O) groups excluding carboxylic acids is 1. The fourth-order valence-electron chi connectivity index (χ4n) is 3.72. The molecular formula is C24H21N5O4S. The number of aryl methyl sites for hydroxylation is 1. The molecule has 2 aromatic carbocycles. The number of nitrogens with zero attached hydrogens (tertiary/aromatic N) is 4. The van der Waals surface area contributed by atoms with Gasteiger partial charge in [0.05, 0.1) is 24.4 Å². The number of hydrogen-bond acceptors (Lipinski definition) is 7. The average molecular weight is 476 g/mol. The second-order valence-corrected chi connectivity index (χ2v) is 8.57. The van der Waals surface area contributed by atoms with Crippen molar-refractivity contribution in [1.29, 1.82) is 0 Å². The maximum atomic E-state index is 12.9. The van der Waals surface area contributed by atoms with Crippen molar-refractivity contribution >= 4 is 38.8 Å². The van der Waals surface area contributed by atoms with Crippen LogP contribution in [0, 0.1) is 6.92 Å². The number of aromatic nitrogens is 4. The molecule has 0 saturated heterocycles. The molecule has 0 fully saturated rings. The molecule has 3 aromatic heterocycles. The second kappa shape index (κ2) is 8.64. The molecule has 5 rings (SSSR count). The standard InChI is InChI=1S/C24H21N5O4S/c1-14-4-6-15(7-5-14)17-12-34-22-21(17)25-13-28-23(22)27-29(24(28)31)11-20(30)26-16-8-9-18(32-2)19(10-16)33-3/h4-10,12-13H,11H2,1-3H3,(H,26,30). The number of anilines is 1. The second-order valence-electron chi connectivity index (χ2n) is 7.69. The molecule has 1 N–H and O–H groups in total. The van der Waals surface area contributed by atoms with Gasteiger partial charge in [0.2, 0.25) is 5.91 Å². The summed E-state index contributed by atoms with van der Waals surface area (Å²) in [6.45, 7) is 1.80. The molecule has 0 aliphatic rings. The Labute approximate surface area is 198 Å². The average Bonchev–Trinajstić information content (AvgIpc) is 3.41. The van der Waals surface area contributed by atoms with E-state index >= 15 is 0 Å². The van der Waals surface area contributed by atoms with Crippen molar-refractivity contribution in [3.8, 4) is 22.6 Å². The summed E-state index contributed by atoms with van der Waals surface area (Å²) in [4.78, 5) is 30.0. The van der Waals surface area contributed by atoms with E-state index in [4.69, 9.17) is 9.47 Å². The van der Waals surface area contributed by atoms with Gasteiger partial charge in [-0.15, -0.1) is 16.4 Å². The maximum Gasteiger partial charge on any atom is 0.352 e. The Bertz CT molecular complexity index is 1580. The molecule has 0 spiro atoms. The topological polar surface area (TPSA) is 99.7 Å². The molecule has 5 aromatic rings. The molecule has 0 unspecified atom stereocenters. The first-order valence-electron chi connectivity index (χ1n) is 10.4. The largest absolute Gasteiger partial charge is 0.493 e. The molecule has 0 aliphatic carbocycles. The Morgan fingerprint density at radius 3 is 2.59 bits per heavy atom. The van der Waals surface area contributed by atoms with Gasteiger partial charge in [-0.05, 0) is 24.6 Å². The number of nitrogens with one attached hydrogen (secondary N) is 1. The fourth-order valence-corrected chi connectivity index (χ4v) is 4.73. The minimum Gasteiger partial charge on any atom is -0.493 e. The Kier molecular flexibility index (Phi) is 5.50. The van der Waals surface area contributed by atoms with Crippen LogP contribution in [0.4, 0.5) is 5.69 Å². The third-order valence-corrected chi connectivity index (χ3v) is 6.43. The minimum atomic E-state index is -0.433. The van der Waals surface area contributed by atoms with Gasteiger partial charge in [0.1, 0.15) is 12.9 Å². The summed E-state index contributed by atoms with van der Waals surface area (Å²) >= 11 is 1.47. The van der Waals surface area contributed by atoms with Crippen molar-refractivity contribution < 1.29 is 14.3 Å². The lowest BCUT2D eigenvalue weighted by Crippen LogP contribution is -2.28. The third-order valence-electron chi connectivity index (χ3n) is 5.46. The number of rotatable bonds is 6. The van der Waals surface area contributed by atoms with Crippen LogP contribution >= 0.6 is 11.3 Å². The predicted molar refractivity (Wildman–Crippen MR) is 131 cm³/mol. The zero-order chi connectivity index (χ0) is 23.8. The normalized spacial score (nSPS) is 11.1. The van der Waals surface area contributed by atoms with Gasteiger partial charge in [-0.25, -0.2) is 18.9 Å². The van der Waals surface area contributed by atoms with Crippen LogP contribution in [0.25, 0.3) is 27.0 Å². The van der Waals surface area contributed by atoms with E-state index in [1.54, 1.807) is 18.2 Å². The number of amides is 1. The number of hydrogen-bond donors (Lipinski definition) is 1. The first kappa shape index (κ1) is 21.7. The number of fused-ring (bicyclic) bond motifs is 3. The minimum absolute atomic E-state index is 0.244. The highest BCUT2D eigenvalue weighted by molar-refractivity contribution is 7.18. The molecular weight excluding hydrogens is 454 g/mol. The van der Waals surface area contributed by atoms with Crippen LogP contribution in [0.3, 0.4) is 0 Å². The molecule has 0 bridgehead atoms. The van der Waals surface area contributed by atoms with Gasteiger partial charge >= 0.3 is 5.69 Å². The number of thiophene rings is 1. The van der Waals surface area contributed by atoms with E-state index in [0.29, 0.717) is 22.8 Å². The maximum absolute atomic E-state index is 12.9. The van der Waals surface area contributed by atoms with Crippen LogP contribution < -0.4 is 20.5 Å². The first-order valence-corrected chi connectivity index (χ1v) is 11.3. The third kappa shape index (κ3) is 3.77. The van der Waals surface area contributed by atoms with Gasteiger partial charge in [0, 0.05) is 22.7 Å². The van der Waals surface area contributed by atoms with Crippen LogP contribution in [0.15, 0.2) is 59.0 Å². The van der Waals surface area contributed by atoms with Gasteiger partial charge in [-0.2, -0.15) is 0 Å². The molecule has 0 aliphatic heterocycles. The number of methoxy groups -OCH3 is 2. The quantitative estimate of drug-likeness (QED) is 0.402. The Morgan fingerprint density at radius 2 is 1.85 bits per heavy atom. The predicted octanol–water partition coefficient (Wildman–Crippen LogP) is 3.74. The smallest absolute Gasteiger partial charge is 0.352 e. The highest BCUT2D eigenvalue weighted by atomic mass is 32.1. The monoisotopic (exact) mass is 475 g/mol. The first-order chi connectivity index (χ1) is 16.5. The lowest BCUT2D eigenvalue weighted by atomic mass is 10.1. The molecule has 0 atom stereocenters. The summed E-state index contributed by atoms with van der Waals surface area (Å²) in [6.07, 6.45) is 1.46. The molecule has 0 radical (unpaired) electrons. The van der Waals surface area contributed by atoms with Crippen LogP contribution in [0.1, 0.15) is 5.56 Å². The summed E-state index contributed by atoms with van der Waals surface area (Å²) in [5.41, 5.74) is 4.53. The highest BCUT2D eigenvalue weighted by Gasteiger charge is 2.17. The lowest BCUT2D eigenvalue weighted by molar-refractivity contribution is -0.117. The molecule has 1 amide bonds. The van der Waals surface area contributed by atoms with E-state index in [-0.39, 0.29) is 6.54 Å². The van der Waals surface area contributed by atoms with E-state index in [9.17, 15) is 9.59 Å². The van der Waals surface area contributed by atoms with E-state index in [2.05, 4.69) is 15.4 Å². The van der Waals surface area contributed by atoms with E-state index in [1.165, 1.54) is 41.8 Å². The number of carbonyl (C=O) groups is 1.